The second kappa shape index (κ2) is 10.4. The van der Waals surface area contributed by atoms with Gasteiger partial charge >= 0.3 is 0 Å². The lowest BCUT2D eigenvalue weighted by atomic mass is 10.2. The van der Waals surface area contributed by atoms with Crippen LogP contribution in [0.4, 0.5) is 0 Å². The minimum Gasteiger partial charge on any atom is -0.380 e. The molecule has 0 unspecified atom stereocenters. The zero-order valence-electron chi connectivity index (χ0n) is 10.7. The van der Waals surface area contributed by atoms with E-state index < -0.39 is 0 Å². The molecule has 0 radical (unpaired) electrons. The van der Waals surface area contributed by atoms with Gasteiger partial charge in [0.2, 0.25) is 0 Å². The van der Waals surface area contributed by atoms with Crippen LogP contribution < -0.4 is 5.73 Å². The minimum absolute atomic E-state index is 0.639. The molecule has 0 bridgehead atoms. The summed E-state index contributed by atoms with van der Waals surface area (Å²) in [4.78, 5) is 2.33. The van der Waals surface area contributed by atoms with Crippen molar-refractivity contribution in [3.05, 3.63) is 0 Å². The SMILES string of the molecule is CC(C)COCCN(C)CCCCCN. The van der Waals surface area contributed by atoms with E-state index in [0.29, 0.717) is 5.92 Å². The lowest BCUT2D eigenvalue weighted by Gasteiger charge is -2.16. The molecule has 0 aromatic carbocycles. The Balaban J connectivity index is 3.15. The highest BCUT2D eigenvalue weighted by Gasteiger charge is 1.99. The summed E-state index contributed by atoms with van der Waals surface area (Å²) in [5.41, 5.74) is 5.44. The number of likely N-dealkylation sites (N-methyl/N-ethyl adjacent to an activating group) is 1. The van der Waals surface area contributed by atoms with Crippen molar-refractivity contribution >= 4 is 0 Å². The van der Waals surface area contributed by atoms with Gasteiger partial charge in [0.05, 0.1) is 6.61 Å². The van der Waals surface area contributed by atoms with Crippen LogP contribution in [0.5, 0.6) is 0 Å². The fraction of sp³-hybridized carbons (Fsp3) is 1.00. The van der Waals surface area contributed by atoms with Crippen molar-refractivity contribution in [2.45, 2.75) is 33.1 Å². The average Bonchev–Trinajstić information content (AvgIpc) is 2.19. The standard InChI is InChI=1S/C12H28N2O/c1-12(2)11-15-10-9-14(3)8-6-4-5-7-13/h12H,4-11,13H2,1-3H3. The van der Waals surface area contributed by atoms with E-state index in [9.17, 15) is 0 Å². The van der Waals surface area contributed by atoms with E-state index >= 15 is 0 Å². The van der Waals surface area contributed by atoms with Gasteiger partial charge in [-0.15, -0.1) is 0 Å². The minimum atomic E-state index is 0.639. The fourth-order valence-corrected chi connectivity index (χ4v) is 1.35. The van der Waals surface area contributed by atoms with Crippen molar-refractivity contribution in [3.8, 4) is 0 Å². The Hall–Kier alpha value is -0.120. The first-order chi connectivity index (χ1) is 7.16. The number of nitrogens with two attached hydrogens (primary N) is 1. The van der Waals surface area contributed by atoms with Gasteiger partial charge in [-0.1, -0.05) is 20.3 Å². The summed E-state index contributed by atoms with van der Waals surface area (Å²) >= 11 is 0. The predicted octanol–water partition coefficient (Wildman–Crippen LogP) is 1.72. The summed E-state index contributed by atoms with van der Waals surface area (Å²) in [5.74, 6) is 0.639. The van der Waals surface area contributed by atoms with Crippen LogP contribution in [-0.2, 0) is 4.74 Å². The Morgan fingerprint density at radius 3 is 2.47 bits per heavy atom. The van der Waals surface area contributed by atoms with Crippen LogP contribution in [-0.4, -0.2) is 44.8 Å². The smallest absolute Gasteiger partial charge is 0.0593 e. The van der Waals surface area contributed by atoms with Crippen LogP contribution in [0.2, 0.25) is 0 Å². The van der Waals surface area contributed by atoms with Crippen molar-refractivity contribution in [1.29, 1.82) is 0 Å². The van der Waals surface area contributed by atoms with Crippen LogP contribution in [0, 0.1) is 5.92 Å². The Bertz CT molecular complexity index is 129. The molecule has 0 spiro atoms. The van der Waals surface area contributed by atoms with Crippen LogP contribution >= 0.6 is 0 Å². The van der Waals surface area contributed by atoms with Gasteiger partial charge in [-0.25, -0.2) is 0 Å². The van der Waals surface area contributed by atoms with Crippen LogP contribution in [0.1, 0.15) is 33.1 Å². The van der Waals surface area contributed by atoms with Gasteiger partial charge < -0.3 is 15.4 Å². The molecule has 0 aliphatic rings. The molecule has 0 aromatic heterocycles. The van der Waals surface area contributed by atoms with Crippen LogP contribution in [0.25, 0.3) is 0 Å². The first kappa shape index (κ1) is 14.9. The molecule has 92 valence electrons. The first-order valence-electron chi connectivity index (χ1n) is 6.13. The maximum absolute atomic E-state index is 5.53. The third-order valence-corrected chi connectivity index (χ3v) is 2.31. The zero-order chi connectivity index (χ0) is 11.5. The monoisotopic (exact) mass is 216 g/mol. The van der Waals surface area contributed by atoms with E-state index in [1.165, 1.54) is 12.8 Å². The van der Waals surface area contributed by atoms with E-state index in [2.05, 4.69) is 25.8 Å². The van der Waals surface area contributed by atoms with Crippen molar-refractivity contribution in [3.63, 3.8) is 0 Å². The molecular formula is C12H28N2O. The second-order valence-corrected chi connectivity index (χ2v) is 4.62. The highest BCUT2D eigenvalue weighted by Crippen LogP contribution is 1.97. The van der Waals surface area contributed by atoms with Crippen molar-refractivity contribution in [1.82, 2.24) is 4.90 Å². The molecule has 2 N–H and O–H groups in total. The maximum atomic E-state index is 5.53. The number of rotatable bonds is 10. The lowest BCUT2D eigenvalue weighted by Crippen LogP contribution is -2.25. The fourth-order valence-electron chi connectivity index (χ4n) is 1.35. The number of hydrogen-bond acceptors (Lipinski definition) is 3. The summed E-state index contributed by atoms with van der Waals surface area (Å²) < 4.78 is 5.53. The van der Waals surface area contributed by atoms with Gasteiger partial charge in [0.15, 0.2) is 0 Å². The summed E-state index contributed by atoms with van der Waals surface area (Å²) in [6, 6.07) is 0. The van der Waals surface area contributed by atoms with E-state index in [1.807, 2.05) is 0 Å². The summed E-state index contributed by atoms with van der Waals surface area (Å²) in [5, 5.41) is 0. The summed E-state index contributed by atoms with van der Waals surface area (Å²) in [6.07, 6.45) is 3.64. The van der Waals surface area contributed by atoms with E-state index in [-0.39, 0.29) is 0 Å². The number of nitrogens with zero attached hydrogens (tertiary/aromatic N) is 1. The molecule has 0 saturated heterocycles. The van der Waals surface area contributed by atoms with Gasteiger partial charge in [0.25, 0.3) is 0 Å². The normalized spacial score (nSPS) is 11.6. The average molecular weight is 216 g/mol. The van der Waals surface area contributed by atoms with Crippen molar-refractivity contribution < 1.29 is 4.74 Å². The third-order valence-electron chi connectivity index (χ3n) is 2.31. The Labute approximate surface area is 95.0 Å². The molecular weight excluding hydrogens is 188 g/mol. The molecule has 0 atom stereocenters. The third kappa shape index (κ3) is 11.8. The van der Waals surface area contributed by atoms with Gasteiger partial charge in [0.1, 0.15) is 0 Å². The molecule has 3 heteroatoms. The van der Waals surface area contributed by atoms with Gasteiger partial charge in [-0.3, -0.25) is 0 Å². The topological polar surface area (TPSA) is 38.5 Å². The lowest BCUT2D eigenvalue weighted by molar-refractivity contribution is 0.0912. The van der Waals surface area contributed by atoms with Gasteiger partial charge in [0, 0.05) is 13.2 Å². The number of unbranched alkanes of at least 4 members (excludes halogenated alkanes) is 2. The molecule has 0 fully saturated rings. The van der Waals surface area contributed by atoms with E-state index in [4.69, 9.17) is 10.5 Å². The highest BCUT2D eigenvalue weighted by atomic mass is 16.5. The summed E-state index contributed by atoms with van der Waals surface area (Å²) in [6.45, 7) is 9.10. The number of ether oxygens (including phenoxy) is 1. The largest absolute Gasteiger partial charge is 0.380 e. The Kier molecular flexibility index (Phi) is 10.3. The molecule has 15 heavy (non-hydrogen) atoms. The summed E-state index contributed by atoms with van der Waals surface area (Å²) in [7, 11) is 2.15. The molecule has 0 rings (SSSR count). The molecule has 0 heterocycles. The molecule has 0 saturated carbocycles. The van der Waals surface area contributed by atoms with Crippen LogP contribution in [0.15, 0.2) is 0 Å². The highest BCUT2D eigenvalue weighted by molar-refractivity contribution is 4.52. The van der Waals surface area contributed by atoms with E-state index in [1.54, 1.807) is 0 Å². The molecule has 3 nitrogen and oxygen atoms in total. The van der Waals surface area contributed by atoms with E-state index in [0.717, 1.165) is 39.3 Å². The molecule has 0 aliphatic heterocycles. The zero-order valence-corrected chi connectivity index (χ0v) is 10.7. The molecule has 0 aliphatic carbocycles. The first-order valence-corrected chi connectivity index (χ1v) is 6.13. The molecule has 0 amide bonds. The Morgan fingerprint density at radius 1 is 1.13 bits per heavy atom. The second-order valence-electron chi connectivity index (χ2n) is 4.62. The number of hydrogen-bond donors (Lipinski definition) is 1. The van der Waals surface area contributed by atoms with Gasteiger partial charge in [-0.05, 0) is 38.9 Å². The van der Waals surface area contributed by atoms with Gasteiger partial charge in [-0.2, -0.15) is 0 Å². The quantitative estimate of drug-likeness (QED) is 0.565. The van der Waals surface area contributed by atoms with Crippen molar-refractivity contribution in [2.24, 2.45) is 11.7 Å². The van der Waals surface area contributed by atoms with Crippen molar-refractivity contribution in [2.75, 3.05) is 39.9 Å². The predicted molar refractivity (Wildman–Crippen MR) is 66.1 cm³/mol. The Morgan fingerprint density at radius 2 is 1.87 bits per heavy atom. The van der Waals surface area contributed by atoms with Crippen LogP contribution in [0.3, 0.4) is 0 Å². The maximum Gasteiger partial charge on any atom is 0.0593 e. The molecule has 0 aromatic rings.